The lowest BCUT2D eigenvalue weighted by Crippen LogP contribution is -2.13. The zero-order chi connectivity index (χ0) is 10.9. The molecule has 0 atom stereocenters. The van der Waals surface area contributed by atoms with Gasteiger partial charge in [-0.1, -0.05) is 18.2 Å². The highest BCUT2D eigenvalue weighted by Gasteiger charge is 2.21. The second-order valence-electron chi connectivity index (χ2n) is 2.96. The van der Waals surface area contributed by atoms with Crippen molar-refractivity contribution < 1.29 is 17.1 Å². The molecule has 0 unspecified atom stereocenters. The maximum atomic E-state index is 10.7. The molecular weight excluding hydrogens is 204 g/mol. The van der Waals surface area contributed by atoms with Crippen molar-refractivity contribution in [3.63, 3.8) is 0 Å². The summed E-state index contributed by atoms with van der Waals surface area (Å²) in [7, 11) is -4.61. The van der Waals surface area contributed by atoms with Crippen molar-refractivity contribution in [3.05, 3.63) is 34.9 Å². The van der Waals surface area contributed by atoms with Crippen LogP contribution in [0.1, 0.15) is 11.1 Å². The Morgan fingerprint density at radius 3 is 2.07 bits per heavy atom. The minimum absolute atomic E-state index is 0.0787. The van der Waals surface area contributed by atoms with Gasteiger partial charge in [-0.2, -0.15) is 0 Å². The Balaban J connectivity index is 3.41. The summed E-state index contributed by atoms with van der Waals surface area (Å²) in [4.78, 5) is 0. The zero-order valence-electron chi connectivity index (χ0n) is 7.80. The highest BCUT2D eigenvalue weighted by Crippen LogP contribution is 2.24. The lowest BCUT2D eigenvalue weighted by Gasteiger charge is -2.06. The molecule has 0 aromatic heterocycles. The van der Waals surface area contributed by atoms with Crippen LogP contribution in [0.25, 0.3) is 5.53 Å². The maximum Gasteiger partial charge on any atom is 0.501 e. The van der Waals surface area contributed by atoms with E-state index < -0.39 is 10.3 Å². The van der Waals surface area contributed by atoms with Crippen molar-refractivity contribution in [3.8, 4) is 0 Å². The molecule has 0 aliphatic carbocycles. The van der Waals surface area contributed by atoms with Gasteiger partial charge in [-0.3, -0.25) is 0 Å². The van der Waals surface area contributed by atoms with Crippen LogP contribution in [0, 0.1) is 13.8 Å². The van der Waals surface area contributed by atoms with Crippen LogP contribution in [0.15, 0.2) is 18.2 Å². The first kappa shape index (κ1) is 10.8. The van der Waals surface area contributed by atoms with Crippen LogP contribution in [-0.2, 0) is 10.3 Å². The van der Waals surface area contributed by atoms with E-state index in [0.717, 1.165) is 0 Å². The van der Waals surface area contributed by atoms with Crippen molar-refractivity contribution in [1.82, 2.24) is 0 Å². The fourth-order valence-electron chi connectivity index (χ4n) is 1.22. The van der Waals surface area contributed by atoms with Gasteiger partial charge in [-0.15, -0.1) is 12.5 Å². The van der Waals surface area contributed by atoms with Crippen molar-refractivity contribution in [2.75, 3.05) is 0 Å². The number of rotatable bonds is 2. The molecule has 0 bridgehead atoms. The number of aryl methyl sites for hydroxylation is 2. The van der Waals surface area contributed by atoms with Gasteiger partial charge in [0, 0.05) is 11.1 Å². The number of nitrogens with zero attached hydrogens (tertiary/aromatic N) is 2. The molecule has 0 aliphatic heterocycles. The molecule has 76 valence electrons. The fourth-order valence-corrected chi connectivity index (χ4v) is 1.74. The van der Waals surface area contributed by atoms with Crippen LogP contribution in [0.3, 0.4) is 0 Å². The molecule has 0 saturated carbocycles. The summed E-state index contributed by atoms with van der Waals surface area (Å²) in [6.07, 6.45) is 0. The molecule has 14 heavy (non-hydrogen) atoms. The standard InChI is InChI=1S/C8H10N2O3S/c1-6-4-3-5-7(2)8(6)10(9)14(11,12)13/h3-5H,1-2H3,(H,11,12,13). The van der Waals surface area contributed by atoms with Gasteiger partial charge >= 0.3 is 10.3 Å². The molecule has 0 heterocycles. The minimum Gasteiger partial charge on any atom is -0.478 e. The van der Waals surface area contributed by atoms with Crippen LogP contribution in [-0.4, -0.2) is 17.1 Å². The number of hydrogen-bond donors (Lipinski definition) is 1. The van der Waals surface area contributed by atoms with Crippen LogP contribution < -0.4 is 0 Å². The van der Waals surface area contributed by atoms with Gasteiger partial charge in [0.15, 0.2) is 0 Å². The summed E-state index contributed by atoms with van der Waals surface area (Å²) in [6, 6.07) is 5.00. The summed E-state index contributed by atoms with van der Waals surface area (Å²) in [5, 5.41) is 0. The predicted molar refractivity (Wildman–Crippen MR) is 50.7 cm³/mol. The van der Waals surface area contributed by atoms with Crippen LogP contribution in [0.5, 0.6) is 0 Å². The molecule has 0 aliphatic rings. The van der Waals surface area contributed by atoms with Gasteiger partial charge in [0.05, 0.1) is 0 Å². The van der Waals surface area contributed by atoms with E-state index >= 15 is 0 Å². The minimum atomic E-state index is -4.61. The van der Waals surface area contributed by atoms with E-state index in [1.165, 1.54) is 0 Å². The van der Waals surface area contributed by atoms with E-state index in [2.05, 4.69) is 0 Å². The largest absolute Gasteiger partial charge is 0.501 e. The number of benzene rings is 1. The quantitative estimate of drug-likeness (QED) is 0.463. The molecule has 5 nitrogen and oxygen atoms in total. The Bertz CT molecular complexity index is 459. The summed E-state index contributed by atoms with van der Waals surface area (Å²) in [5.74, 6) is 0. The summed E-state index contributed by atoms with van der Waals surface area (Å²) in [6.45, 7) is 3.27. The molecular formula is C8H10N2O3S. The maximum absolute atomic E-state index is 10.7. The average Bonchev–Trinajstić information content (AvgIpc) is 2.01. The molecule has 1 rings (SSSR count). The fraction of sp³-hybridized carbons (Fsp3) is 0.250. The van der Waals surface area contributed by atoms with Crippen LogP contribution >= 0.6 is 0 Å². The Morgan fingerprint density at radius 1 is 1.29 bits per heavy atom. The molecule has 6 heteroatoms. The molecule has 0 radical (unpaired) electrons. The summed E-state index contributed by atoms with van der Waals surface area (Å²) >= 11 is 0. The van der Waals surface area contributed by atoms with Gasteiger partial charge < -0.3 is 5.53 Å². The van der Waals surface area contributed by atoms with Crippen LogP contribution in [0.4, 0.5) is 5.69 Å². The highest BCUT2D eigenvalue weighted by atomic mass is 32.2. The smallest absolute Gasteiger partial charge is 0.478 e. The molecule has 0 saturated heterocycles. The summed E-state index contributed by atoms with van der Waals surface area (Å²) in [5.41, 5.74) is 10.4. The Labute approximate surface area is 82.4 Å². The second kappa shape index (κ2) is 3.47. The van der Waals surface area contributed by atoms with E-state index in [1.807, 2.05) is 0 Å². The van der Waals surface area contributed by atoms with Crippen molar-refractivity contribution in [2.45, 2.75) is 13.8 Å². The zero-order valence-corrected chi connectivity index (χ0v) is 8.61. The van der Waals surface area contributed by atoms with Gasteiger partial charge in [0.1, 0.15) is 0 Å². The van der Waals surface area contributed by atoms with Crippen LogP contribution in [0.2, 0.25) is 0 Å². The van der Waals surface area contributed by atoms with E-state index in [-0.39, 0.29) is 9.79 Å². The van der Waals surface area contributed by atoms with Crippen molar-refractivity contribution in [2.24, 2.45) is 0 Å². The highest BCUT2D eigenvalue weighted by molar-refractivity contribution is 7.79. The van der Waals surface area contributed by atoms with Crippen molar-refractivity contribution >= 4 is 16.0 Å². The average molecular weight is 214 g/mol. The molecule has 1 aromatic rings. The van der Waals surface area contributed by atoms with Gasteiger partial charge in [0.25, 0.3) is 0 Å². The van der Waals surface area contributed by atoms with E-state index in [1.54, 1.807) is 32.0 Å². The molecule has 1 N–H and O–H groups in total. The normalized spacial score (nSPS) is 11.4. The first-order chi connectivity index (χ1) is 6.34. The molecule has 0 fully saturated rings. The van der Waals surface area contributed by atoms with Gasteiger partial charge in [-0.25, -0.2) is 4.55 Å². The lowest BCUT2D eigenvalue weighted by atomic mass is 10.1. The monoisotopic (exact) mass is 214 g/mol. The van der Waals surface area contributed by atoms with E-state index in [4.69, 9.17) is 4.55 Å². The first-order valence-electron chi connectivity index (χ1n) is 3.87. The summed E-state index contributed by atoms with van der Waals surface area (Å²) < 4.78 is 29.8. The third kappa shape index (κ3) is 1.97. The number of para-hydroxylation sites is 1. The topological polar surface area (TPSA) is 79.7 Å². The Kier molecular flexibility index (Phi) is 2.68. The SMILES string of the molecule is Cc1cccc(C)c1[N+](=[N-])S(=O)(=O)O. The van der Waals surface area contributed by atoms with Gasteiger partial charge in [0.2, 0.25) is 5.69 Å². The first-order valence-corrected chi connectivity index (χ1v) is 5.26. The third-order valence-corrected chi connectivity index (χ3v) is 2.47. The van der Waals surface area contributed by atoms with Gasteiger partial charge in [-0.05, 0) is 13.8 Å². The van der Waals surface area contributed by atoms with E-state index in [0.29, 0.717) is 11.1 Å². The Hall–Kier alpha value is -1.27. The molecule has 1 aromatic carbocycles. The molecule has 0 spiro atoms. The van der Waals surface area contributed by atoms with E-state index in [9.17, 15) is 13.9 Å². The molecule has 0 amide bonds. The Morgan fingerprint density at radius 2 is 1.71 bits per heavy atom. The second-order valence-corrected chi connectivity index (χ2v) is 4.20. The third-order valence-electron chi connectivity index (χ3n) is 1.85. The number of hydrogen-bond acceptors (Lipinski definition) is 2. The van der Waals surface area contributed by atoms with Crippen molar-refractivity contribution in [1.29, 1.82) is 0 Å². The predicted octanol–water partition coefficient (Wildman–Crippen LogP) is 1.77. The lowest BCUT2D eigenvalue weighted by molar-refractivity contribution is -0.299.